The predicted octanol–water partition coefficient (Wildman–Crippen LogP) is 4.98. The van der Waals surface area contributed by atoms with Gasteiger partial charge >= 0.3 is 11.9 Å². The van der Waals surface area contributed by atoms with Gasteiger partial charge in [-0.2, -0.15) is 0 Å². The number of rotatable bonds is 13. The van der Waals surface area contributed by atoms with Gasteiger partial charge in [0.15, 0.2) is 0 Å². The van der Waals surface area contributed by atoms with E-state index in [9.17, 15) is 28.8 Å². The van der Waals surface area contributed by atoms with Gasteiger partial charge in [-0.25, -0.2) is 19.4 Å². The average molecular weight is 742 g/mol. The lowest BCUT2D eigenvalue weighted by Crippen LogP contribution is -2.43. The Labute approximate surface area is 310 Å². The molecule has 3 heterocycles. The molecular formula is C39H36ClN3O10. The molecule has 3 aliphatic heterocycles. The largest absolute Gasteiger partial charge is 0.463 e. The first kappa shape index (κ1) is 37.1. The number of ether oxygens (including phenoxy) is 4. The highest BCUT2D eigenvalue weighted by Gasteiger charge is 2.44. The van der Waals surface area contributed by atoms with Crippen molar-refractivity contribution in [3.05, 3.63) is 128 Å². The number of hydrogen-bond donors (Lipinski definition) is 1. The third-order valence-corrected chi connectivity index (χ3v) is 9.40. The molecule has 13 nitrogen and oxygen atoms in total. The number of dihydropyridines is 1. The van der Waals surface area contributed by atoms with Crippen LogP contribution >= 0.6 is 11.6 Å². The Balaban J connectivity index is 1.38. The van der Waals surface area contributed by atoms with E-state index in [0.717, 1.165) is 9.80 Å². The molecule has 53 heavy (non-hydrogen) atoms. The number of carbonyl (C=O) groups excluding carboxylic acids is 6. The highest BCUT2D eigenvalue weighted by molar-refractivity contribution is 6.31. The molecule has 0 saturated carbocycles. The fraction of sp³-hybridized carbons (Fsp3) is 0.282. The molecule has 3 aromatic rings. The van der Waals surface area contributed by atoms with Gasteiger partial charge in [-0.1, -0.05) is 54.1 Å². The van der Waals surface area contributed by atoms with Crippen molar-refractivity contribution in [2.75, 3.05) is 26.4 Å². The third kappa shape index (κ3) is 6.86. The number of amides is 4. The van der Waals surface area contributed by atoms with Crippen LogP contribution in [0, 0.1) is 0 Å². The second-order valence-electron chi connectivity index (χ2n) is 12.2. The van der Waals surface area contributed by atoms with Gasteiger partial charge in [-0.05, 0) is 63.6 Å². The van der Waals surface area contributed by atoms with E-state index in [-0.39, 0.29) is 76.2 Å². The van der Waals surface area contributed by atoms with E-state index in [4.69, 9.17) is 30.5 Å². The molecule has 3 aliphatic rings. The van der Waals surface area contributed by atoms with Gasteiger partial charge in [0.25, 0.3) is 23.6 Å². The quantitative estimate of drug-likeness (QED) is 0.186. The second kappa shape index (κ2) is 15.5. The second-order valence-corrected chi connectivity index (χ2v) is 12.6. The first-order valence-electron chi connectivity index (χ1n) is 17.0. The van der Waals surface area contributed by atoms with Gasteiger partial charge < -0.3 is 24.3 Å². The first-order chi connectivity index (χ1) is 25.5. The number of nitrogens with zero attached hydrogens (tertiary/aromatic N) is 2. The third-order valence-electron chi connectivity index (χ3n) is 9.05. The van der Waals surface area contributed by atoms with E-state index in [1.54, 1.807) is 86.6 Å². The molecule has 14 heteroatoms. The first-order valence-corrected chi connectivity index (χ1v) is 17.4. The summed E-state index contributed by atoms with van der Waals surface area (Å²) in [5, 5.41) is 3.33. The Morgan fingerprint density at radius 3 is 1.36 bits per heavy atom. The SMILES string of the molecule is CCOC(=O)C1=C(COC(C)N2C(=O)c3ccccc3C2=O)NC(COC(C)N2C(=O)c3ccccc3C2=O)=C(C(=O)OCC)C1c1ccccc1Cl. The number of imide groups is 2. The summed E-state index contributed by atoms with van der Waals surface area (Å²) in [4.78, 5) is 82.6. The number of nitrogens with one attached hydrogen (secondary N) is 1. The molecule has 2 unspecified atom stereocenters. The molecule has 4 amide bonds. The van der Waals surface area contributed by atoms with Crippen LogP contribution in [0.25, 0.3) is 0 Å². The van der Waals surface area contributed by atoms with Crippen molar-refractivity contribution in [2.24, 2.45) is 0 Å². The van der Waals surface area contributed by atoms with Crippen LogP contribution in [0.15, 0.2) is 95.3 Å². The van der Waals surface area contributed by atoms with Crippen molar-refractivity contribution in [1.29, 1.82) is 0 Å². The Kier molecular flexibility index (Phi) is 10.9. The smallest absolute Gasteiger partial charge is 0.336 e. The summed E-state index contributed by atoms with van der Waals surface area (Å²) in [6, 6.07) is 19.5. The lowest BCUT2D eigenvalue weighted by atomic mass is 9.80. The van der Waals surface area contributed by atoms with Crippen molar-refractivity contribution >= 4 is 47.2 Å². The number of halogens is 1. The molecule has 1 N–H and O–H groups in total. The summed E-state index contributed by atoms with van der Waals surface area (Å²) < 4.78 is 23.2. The lowest BCUT2D eigenvalue weighted by molar-refractivity contribution is -0.139. The van der Waals surface area contributed by atoms with Crippen molar-refractivity contribution in [2.45, 2.75) is 46.1 Å². The monoisotopic (exact) mass is 741 g/mol. The standard InChI is InChI=1S/C39H36ClN3O10/c1-5-50-38(48)32-29(19-52-21(3)42-34(44)23-13-7-8-14-24(23)35(42)45)41-30(33(39(49)51-6-2)31(32)27-17-11-12-18-28(27)40)20-53-22(4)43-36(46)25-15-9-10-16-26(25)37(43)47/h7-18,21-22,31,41H,5-6,19-20H2,1-4H3. The van der Waals surface area contributed by atoms with Crippen LogP contribution in [0.4, 0.5) is 0 Å². The highest BCUT2D eigenvalue weighted by Crippen LogP contribution is 2.42. The maximum absolute atomic E-state index is 13.9. The van der Waals surface area contributed by atoms with Gasteiger partial charge in [0.05, 0.1) is 77.1 Å². The Bertz CT molecular complexity index is 1900. The van der Waals surface area contributed by atoms with Crippen LogP contribution in [0.3, 0.4) is 0 Å². The van der Waals surface area contributed by atoms with Crippen molar-refractivity contribution in [3.63, 3.8) is 0 Å². The van der Waals surface area contributed by atoms with Crippen LogP contribution < -0.4 is 5.32 Å². The molecule has 0 saturated heterocycles. The summed E-state index contributed by atoms with van der Waals surface area (Å²) in [6.07, 6.45) is -2.19. The van der Waals surface area contributed by atoms with E-state index in [0.29, 0.717) is 5.56 Å². The summed E-state index contributed by atoms with van der Waals surface area (Å²) in [5.74, 6) is -4.92. The number of hydrogen-bond acceptors (Lipinski definition) is 11. The minimum absolute atomic E-state index is 0.0105. The minimum atomic E-state index is -1.18. The number of esters is 2. The maximum atomic E-state index is 13.9. The molecule has 0 bridgehead atoms. The zero-order valence-corrected chi connectivity index (χ0v) is 30.1. The Morgan fingerprint density at radius 2 is 1.00 bits per heavy atom. The fourth-order valence-electron chi connectivity index (χ4n) is 6.59. The zero-order valence-electron chi connectivity index (χ0n) is 29.3. The van der Waals surface area contributed by atoms with Crippen molar-refractivity contribution in [3.8, 4) is 0 Å². The van der Waals surface area contributed by atoms with E-state index in [2.05, 4.69) is 5.32 Å². The summed E-state index contributed by atoms with van der Waals surface area (Å²) in [6.45, 7) is 5.52. The molecule has 0 spiro atoms. The summed E-state index contributed by atoms with van der Waals surface area (Å²) in [7, 11) is 0. The molecule has 274 valence electrons. The Hall–Kier alpha value is -5.63. The molecule has 0 aliphatic carbocycles. The van der Waals surface area contributed by atoms with Gasteiger partial charge in [-0.15, -0.1) is 0 Å². The van der Waals surface area contributed by atoms with Gasteiger partial charge in [0.2, 0.25) is 0 Å². The van der Waals surface area contributed by atoms with Crippen molar-refractivity contribution in [1.82, 2.24) is 15.1 Å². The average Bonchev–Trinajstić information content (AvgIpc) is 3.56. The molecule has 6 rings (SSSR count). The van der Waals surface area contributed by atoms with E-state index >= 15 is 0 Å². The summed E-state index contributed by atoms with van der Waals surface area (Å²) in [5.41, 5.74) is 1.49. The molecule has 2 atom stereocenters. The molecule has 3 aromatic carbocycles. The predicted molar refractivity (Wildman–Crippen MR) is 189 cm³/mol. The fourth-order valence-corrected chi connectivity index (χ4v) is 6.84. The van der Waals surface area contributed by atoms with Gasteiger partial charge in [0, 0.05) is 5.02 Å². The van der Waals surface area contributed by atoms with Gasteiger partial charge in [0.1, 0.15) is 12.5 Å². The number of benzene rings is 3. The van der Waals surface area contributed by atoms with E-state index in [1.807, 2.05) is 0 Å². The topological polar surface area (TPSA) is 158 Å². The van der Waals surface area contributed by atoms with E-state index < -0.39 is 53.9 Å². The van der Waals surface area contributed by atoms with Crippen molar-refractivity contribution < 1.29 is 47.7 Å². The molecule has 0 radical (unpaired) electrons. The van der Waals surface area contributed by atoms with Crippen LogP contribution in [0.5, 0.6) is 0 Å². The van der Waals surface area contributed by atoms with Crippen LogP contribution in [0.2, 0.25) is 5.02 Å². The molecular weight excluding hydrogens is 706 g/mol. The zero-order chi connectivity index (χ0) is 38.0. The van der Waals surface area contributed by atoms with Gasteiger partial charge in [-0.3, -0.25) is 19.2 Å². The number of fused-ring (bicyclic) bond motifs is 2. The van der Waals surface area contributed by atoms with Crippen LogP contribution in [0.1, 0.15) is 80.6 Å². The minimum Gasteiger partial charge on any atom is -0.463 e. The number of carbonyl (C=O) groups is 6. The Morgan fingerprint density at radius 1 is 0.642 bits per heavy atom. The normalized spacial score (nSPS) is 17.9. The lowest BCUT2D eigenvalue weighted by Gasteiger charge is -2.34. The van der Waals surface area contributed by atoms with Crippen LogP contribution in [-0.4, -0.2) is 84.3 Å². The molecule has 0 aromatic heterocycles. The molecule has 0 fully saturated rings. The maximum Gasteiger partial charge on any atom is 0.336 e. The highest BCUT2D eigenvalue weighted by atomic mass is 35.5. The van der Waals surface area contributed by atoms with E-state index in [1.165, 1.54) is 13.8 Å². The van der Waals surface area contributed by atoms with Crippen LogP contribution in [-0.2, 0) is 28.5 Å². The summed E-state index contributed by atoms with van der Waals surface area (Å²) >= 11 is 6.73.